The third-order valence-electron chi connectivity index (χ3n) is 2.49. The highest BCUT2D eigenvalue weighted by Gasteiger charge is 2.14. The summed E-state index contributed by atoms with van der Waals surface area (Å²) >= 11 is 1.40. The van der Waals surface area contributed by atoms with Crippen LogP contribution in [0.5, 0.6) is 5.75 Å². The van der Waals surface area contributed by atoms with Gasteiger partial charge in [-0.05, 0) is 29.6 Å². The van der Waals surface area contributed by atoms with Gasteiger partial charge in [-0.25, -0.2) is 4.79 Å². The first-order valence-electron chi connectivity index (χ1n) is 5.36. The van der Waals surface area contributed by atoms with Crippen molar-refractivity contribution in [3.63, 3.8) is 0 Å². The van der Waals surface area contributed by atoms with Crippen molar-refractivity contribution in [3.05, 3.63) is 46.2 Å². The van der Waals surface area contributed by atoms with Crippen LogP contribution in [0.2, 0.25) is 0 Å². The van der Waals surface area contributed by atoms with Crippen LogP contribution >= 0.6 is 11.3 Å². The number of methoxy groups -OCH3 is 1. The van der Waals surface area contributed by atoms with E-state index < -0.39 is 5.97 Å². The first kappa shape index (κ1) is 13.1. The van der Waals surface area contributed by atoms with E-state index in [1.807, 2.05) is 0 Å². The Bertz CT molecular complexity index is 607. The Morgan fingerprint density at radius 1 is 1.32 bits per heavy atom. The Kier molecular flexibility index (Phi) is 3.82. The molecule has 1 aromatic heterocycles. The van der Waals surface area contributed by atoms with E-state index in [-0.39, 0.29) is 17.2 Å². The number of carbonyl (C=O) groups is 2. The third kappa shape index (κ3) is 2.92. The molecule has 6 heteroatoms. The number of benzene rings is 1. The lowest BCUT2D eigenvalue weighted by Gasteiger charge is -2.09. The number of aromatic carboxylic acids is 1. The van der Waals surface area contributed by atoms with Crippen LogP contribution in [0.3, 0.4) is 0 Å². The molecular weight excluding hydrogens is 266 g/mol. The number of hydrogen-bond donors (Lipinski definition) is 2. The highest BCUT2D eigenvalue weighted by molar-refractivity contribution is 7.08. The highest BCUT2D eigenvalue weighted by atomic mass is 32.1. The quantitative estimate of drug-likeness (QED) is 0.901. The molecule has 0 atom stereocenters. The van der Waals surface area contributed by atoms with Gasteiger partial charge in [-0.15, -0.1) is 0 Å². The van der Waals surface area contributed by atoms with E-state index in [0.717, 1.165) is 0 Å². The molecule has 2 aromatic rings. The molecule has 98 valence electrons. The minimum atomic E-state index is -1.13. The summed E-state index contributed by atoms with van der Waals surface area (Å²) in [5.41, 5.74) is 0.726. The number of carboxylic acid groups (broad SMARTS) is 1. The molecule has 5 nitrogen and oxygen atoms in total. The number of hydrogen-bond acceptors (Lipinski definition) is 4. The molecule has 0 saturated carbocycles. The average molecular weight is 277 g/mol. The van der Waals surface area contributed by atoms with Crippen molar-refractivity contribution < 1.29 is 19.4 Å². The number of carbonyl (C=O) groups excluding carboxylic acids is 1. The van der Waals surface area contributed by atoms with Gasteiger partial charge < -0.3 is 15.2 Å². The minimum absolute atomic E-state index is 0.0112. The van der Waals surface area contributed by atoms with Gasteiger partial charge in [0.25, 0.3) is 5.91 Å². The van der Waals surface area contributed by atoms with Crippen LogP contribution in [0.15, 0.2) is 35.0 Å². The van der Waals surface area contributed by atoms with Crippen molar-refractivity contribution in [1.29, 1.82) is 0 Å². The van der Waals surface area contributed by atoms with Crippen molar-refractivity contribution in [2.24, 2.45) is 0 Å². The van der Waals surface area contributed by atoms with Crippen LogP contribution in [0.1, 0.15) is 20.7 Å². The highest BCUT2D eigenvalue weighted by Crippen LogP contribution is 2.23. The monoisotopic (exact) mass is 277 g/mol. The molecule has 0 spiro atoms. The fraction of sp³-hybridized carbons (Fsp3) is 0.0769. The van der Waals surface area contributed by atoms with Gasteiger partial charge in [0.1, 0.15) is 5.75 Å². The van der Waals surface area contributed by atoms with E-state index >= 15 is 0 Å². The number of carboxylic acids is 1. The molecule has 0 bridgehead atoms. The van der Waals surface area contributed by atoms with Crippen molar-refractivity contribution in [1.82, 2.24) is 0 Å². The van der Waals surface area contributed by atoms with Gasteiger partial charge >= 0.3 is 5.97 Å². The lowest BCUT2D eigenvalue weighted by molar-refractivity contribution is 0.0697. The lowest BCUT2D eigenvalue weighted by atomic mass is 10.1. The molecule has 1 amide bonds. The maximum atomic E-state index is 11.9. The molecular formula is C13H11NO4S. The summed E-state index contributed by atoms with van der Waals surface area (Å²) in [6.45, 7) is 0. The fourth-order valence-electron chi connectivity index (χ4n) is 1.52. The molecule has 0 fully saturated rings. The number of anilines is 1. The van der Waals surface area contributed by atoms with Crippen LogP contribution in [0.25, 0.3) is 0 Å². The van der Waals surface area contributed by atoms with Gasteiger partial charge in [-0.3, -0.25) is 4.79 Å². The standard InChI is InChI=1S/C13H11NO4S/c1-18-9-2-3-11(10(6-9)13(16)17)14-12(15)8-4-5-19-7-8/h2-7H,1H3,(H,14,15)(H,16,17). The molecule has 0 saturated heterocycles. The molecule has 1 heterocycles. The molecule has 0 aliphatic carbocycles. The minimum Gasteiger partial charge on any atom is -0.497 e. The summed E-state index contributed by atoms with van der Waals surface area (Å²) in [5, 5.41) is 15.2. The topological polar surface area (TPSA) is 75.6 Å². The molecule has 0 aliphatic rings. The number of thiophene rings is 1. The second-order valence-electron chi connectivity index (χ2n) is 3.68. The number of ether oxygens (including phenoxy) is 1. The second-order valence-corrected chi connectivity index (χ2v) is 4.46. The average Bonchev–Trinajstić information content (AvgIpc) is 2.92. The Morgan fingerprint density at radius 2 is 2.11 bits per heavy atom. The normalized spacial score (nSPS) is 9.95. The number of amides is 1. The zero-order valence-electron chi connectivity index (χ0n) is 10.0. The molecule has 2 rings (SSSR count). The van der Waals surface area contributed by atoms with Gasteiger partial charge in [-0.2, -0.15) is 11.3 Å². The van der Waals surface area contributed by atoms with E-state index in [9.17, 15) is 9.59 Å². The molecule has 0 unspecified atom stereocenters. The predicted molar refractivity (Wildman–Crippen MR) is 72.2 cm³/mol. The first-order valence-corrected chi connectivity index (χ1v) is 6.31. The Hall–Kier alpha value is -2.34. The van der Waals surface area contributed by atoms with Crippen LogP contribution in [0.4, 0.5) is 5.69 Å². The summed E-state index contributed by atoms with van der Waals surface area (Å²) in [6, 6.07) is 6.14. The van der Waals surface area contributed by atoms with Gasteiger partial charge in [0, 0.05) is 5.38 Å². The Balaban J connectivity index is 2.29. The summed E-state index contributed by atoms with van der Waals surface area (Å²) in [7, 11) is 1.45. The zero-order valence-corrected chi connectivity index (χ0v) is 10.9. The Labute approximate surface area is 113 Å². The lowest BCUT2D eigenvalue weighted by Crippen LogP contribution is -2.14. The van der Waals surface area contributed by atoms with Crippen molar-refractivity contribution in [2.45, 2.75) is 0 Å². The van der Waals surface area contributed by atoms with Crippen LogP contribution in [0, 0.1) is 0 Å². The van der Waals surface area contributed by atoms with Crippen molar-refractivity contribution in [3.8, 4) is 5.75 Å². The second kappa shape index (κ2) is 5.53. The van der Waals surface area contributed by atoms with Gasteiger partial charge in [0.2, 0.25) is 0 Å². The number of rotatable bonds is 4. The van der Waals surface area contributed by atoms with E-state index in [4.69, 9.17) is 9.84 Å². The Morgan fingerprint density at radius 3 is 2.68 bits per heavy atom. The summed E-state index contributed by atoms with van der Waals surface area (Å²) in [5.74, 6) is -1.04. The summed E-state index contributed by atoms with van der Waals surface area (Å²) < 4.78 is 4.96. The van der Waals surface area contributed by atoms with E-state index in [1.165, 1.54) is 30.6 Å². The van der Waals surface area contributed by atoms with Crippen LogP contribution < -0.4 is 10.1 Å². The van der Waals surface area contributed by atoms with Gasteiger partial charge in [-0.1, -0.05) is 0 Å². The maximum absolute atomic E-state index is 11.9. The summed E-state index contributed by atoms with van der Waals surface area (Å²) in [6.07, 6.45) is 0. The predicted octanol–water partition coefficient (Wildman–Crippen LogP) is 2.71. The van der Waals surface area contributed by atoms with Crippen LogP contribution in [-0.2, 0) is 0 Å². The van der Waals surface area contributed by atoms with Gasteiger partial charge in [0.05, 0.1) is 23.9 Å². The molecule has 19 heavy (non-hydrogen) atoms. The molecule has 0 aliphatic heterocycles. The van der Waals surface area contributed by atoms with Crippen molar-refractivity contribution >= 4 is 28.9 Å². The van der Waals surface area contributed by atoms with Crippen LogP contribution in [-0.4, -0.2) is 24.1 Å². The summed E-state index contributed by atoms with van der Waals surface area (Å²) in [4.78, 5) is 23.0. The molecule has 1 aromatic carbocycles. The first-order chi connectivity index (χ1) is 9.11. The number of nitrogens with one attached hydrogen (secondary N) is 1. The van der Waals surface area contributed by atoms with E-state index in [2.05, 4.69) is 5.32 Å². The molecule has 2 N–H and O–H groups in total. The zero-order chi connectivity index (χ0) is 13.8. The third-order valence-corrected chi connectivity index (χ3v) is 3.17. The van der Waals surface area contributed by atoms with Gasteiger partial charge in [0.15, 0.2) is 0 Å². The SMILES string of the molecule is COc1ccc(NC(=O)c2ccsc2)c(C(=O)O)c1. The van der Waals surface area contributed by atoms with Crippen molar-refractivity contribution in [2.75, 3.05) is 12.4 Å². The fourth-order valence-corrected chi connectivity index (χ4v) is 2.16. The maximum Gasteiger partial charge on any atom is 0.337 e. The smallest absolute Gasteiger partial charge is 0.337 e. The van der Waals surface area contributed by atoms with E-state index in [1.54, 1.807) is 22.9 Å². The largest absolute Gasteiger partial charge is 0.497 e. The molecule has 0 radical (unpaired) electrons. The van der Waals surface area contributed by atoms with E-state index in [0.29, 0.717) is 11.3 Å².